The number of nitrogens with zero attached hydrogens (tertiary/aromatic N) is 5. The van der Waals surface area contributed by atoms with Crippen LogP contribution in [0.1, 0.15) is 10.5 Å². The molecule has 1 aromatic heterocycles. The molecule has 0 N–H and O–H groups in total. The van der Waals surface area contributed by atoms with E-state index in [0.29, 0.717) is 31.9 Å². The Morgan fingerprint density at radius 2 is 2.06 bits per heavy atom. The molecule has 0 atom stereocenters. The van der Waals surface area contributed by atoms with Gasteiger partial charge in [-0.2, -0.15) is 0 Å². The summed E-state index contributed by atoms with van der Waals surface area (Å²) < 4.78 is 1.49. The third-order valence-corrected chi connectivity index (χ3v) is 2.57. The van der Waals surface area contributed by atoms with E-state index in [0.717, 1.165) is 6.41 Å². The quantitative estimate of drug-likeness (QED) is 0.586. The van der Waals surface area contributed by atoms with Gasteiger partial charge in [0.2, 0.25) is 6.41 Å². The number of carbonyl (C=O) groups is 2. The summed E-state index contributed by atoms with van der Waals surface area (Å²) >= 11 is 0. The van der Waals surface area contributed by atoms with Gasteiger partial charge in [0.1, 0.15) is 0 Å². The summed E-state index contributed by atoms with van der Waals surface area (Å²) in [7, 11) is 1.72. The monoisotopic (exact) mass is 223 g/mol. The van der Waals surface area contributed by atoms with Gasteiger partial charge in [-0.05, 0) is 0 Å². The van der Waals surface area contributed by atoms with Gasteiger partial charge in [0.15, 0.2) is 5.69 Å². The molecule has 1 saturated heterocycles. The molecule has 1 aromatic rings. The number of carbonyl (C=O) groups excluding carboxylic acids is 2. The van der Waals surface area contributed by atoms with E-state index in [-0.39, 0.29) is 5.91 Å². The van der Waals surface area contributed by atoms with Crippen molar-refractivity contribution in [1.82, 2.24) is 24.8 Å². The maximum absolute atomic E-state index is 11.9. The number of amides is 2. The fourth-order valence-corrected chi connectivity index (χ4v) is 1.64. The number of hydrogen-bond donors (Lipinski definition) is 0. The van der Waals surface area contributed by atoms with E-state index < -0.39 is 0 Å². The topological polar surface area (TPSA) is 71.3 Å². The Balaban J connectivity index is 1.99. The average Bonchev–Trinajstić information content (AvgIpc) is 2.75. The van der Waals surface area contributed by atoms with Crippen LogP contribution in [-0.4, -0.2) is 63.3 Å². The molecule has 2 amide bonds. The smallest absolute Gasteiger partial charge is 0.276 e. The number of hydrogen-bond acceptors (Lipinski definition) is 4. The zero-order valence-corrected chi connectivity index (χ0v) is 9.04. The van der Waals surface area contributed by atoms with E-state index >= 15 is 0 Å². The predicted molar refractivity (Wildman–Crippen MR) is 54.5 cm³/mol. The first-order chi connectivity index (χ1) is 7.70. The molecular formula is C9H13N5O2. The van der Waals surface area contributed by atoms with Crippen molar-refractivity contribution in [2.75, 3.05) is 26.2 Å². The largest absolute Gasteiger partial charge is 0.342 e. The second kappa shape index (κ2) is 4.30. The van der Waals surface area contributed by atoms with Crippen molar-refractivity contribution in [2.45, 2.75) is 0 Å². The van der Waals surface area contributed by atoms with Gasteiger partial charge in [0.25, 0.3) is 5.91 Å². The number of piperazine rings is 1. The number of rotatable bonds is 2. The summed E-state index contributed by atoms with van der Waals surface area (Å²) in [6.45, 7) is 2.26. The summed E-state index contributed by atoms with van der Waals surface area (Å²) in [5.74, 6) is -0.126. The van der Waals surface area contributed by atoms with Crippen molar-refractivity contribution in [2.24, 2.45) is 7.05 Å². The van der Waals surface area contributed by atoms with Crippen molar-refractivity contribution in [3.8, 4) is 0 Å². The van der Waals surface area contributed by atoms with Crippen LogP contribution < -0.4 is 0 Å². The highest BCUT2D eigenvalue weighted by Crippen LogP contribution is 2.05. The zero-order chi connectivity index (χ0) is 11.5. The maximum Gasteiger partial charge on any atom is 0.276 e. The Morgan fingerprint density at radius 3 is 2.56 bits per heavy atom. The molecule has 86 valence electrons. The van der Waals surface area contributed by atoms with Crippen LogP contribution in [0.4, 0.5) is 0 Å². The van der Waals surface area contributed by atoms with Crippen LogP contribution in [0, 0.1) is 0 Å². The zero-order valence-electron chi connectivity index (χ0n) is 9.04. The Kier molecular flexibility index (Phi) is 2.84. The lowest BCUT2D eigenvalue weighted by Gasteiger charge is -2.31. The van der Waals surface area contributed by atoms with Crippen molar-refractivity contribution in [1.29, 1.82) is 0 Å². The summed E-state index contributed by atoms with van der Waals surface area (Å²) in [5.41, 5.74) is 0.349. The first-order valence-electron chi connectivity index (χ1n) is 5.05. The third kappa shape index (κ3) is 2.02. The maximum atomic E-state index is 11.9. The standard InChI is InChI=1S/C9H13N5O2/c1-12-6-8(10-11-12)9(16)14-4-2-13(7-15)3-5-14/h6-7H,2-5H2,1H3. The molecule has 2 rings (SSSR count). The minimum Gasteiger partial charge on any atom is -0.342 e. The highest BCUT2D eigenvalue weighted by Gasteiger charge is 2.22. The average molecular weight is 223 g/mol. The van der Waals surface area contributed by atoms with Crippen LogP contribution in [0.5, 0.6) is 0 Å². The van der Waals surface area contributed by atoms with E-state index in [9.17, 15) is 9.59 Å². The van der Waals surface area contributed by atoms with Crippen molar-refractivity contribution in [3.05, 3.63) is 11.9 Å². The fourth-order valence-electron chi connectivity index (χ4n) is 1.64. The van der Waals surface area contributed by atoms with Gasteiger partial charge in [-0.25, -0.2) is 0 Å². The molecule has 1 aliphatic rings. The van der Waals surface area contributed by atoms with E-state index in [2.05, 4.69) is 10.3 Å². The normalized spacial score (nSPS) is 16.3. The van der Waals surface area contributed by atoms with Crippen LogP contribution in [0.3, 0.4) is 0 Å². The minimum atomic E-state index is -0.126. The second-order valence-electron chi connectivity index (χ2n) is 3.71. The lowest BCUT2D eigenvalue weighted by molar-refractivity contribution is -0.119. The van der Waals surface area contributed by atoms with Gasteiger partial charge < -0.3 is 9.80 Å². The van der Waals surface area contributed by atoms with Gasteiger partial charge in [0, 0.05) is 33.2 Å². The van der Waals surface area contributed by atoms with Gasteiger partial charge in [0.05, 0.1) is 6.20 Å². The Morgan fingerprint density at radius 1 is 1.38 bits per heavy atom. The van der Waals surface area contributed by atoms with Crippen LogP contribution in [-0.2, 0) is 11.8 Å². The molecule has 0 radical (unpaired) electrons. The number of aryl methyl sites for hydroxylation is 1. The summed E-state index contributed by atoms with van der Waals surface area (Å²) in [6, 6.07) is 0. The van der Waals surface area contributed by atoms with Crippen LogP contribution in [0.15, 0.2) is 6.20 Å². The second-order valence-corrected chi connectivity index (χ2v) is 3.71. The highest BCUT2D eigenvalue weighted by atomic mass is 16.2. The van der Waals surface area contributed by atoms with E-state index in [1.165, 1.54) is 4.68 Å². The third-order valence-electron chi connectivity index (χ3n) is 2.57. The molecule has 0 saturated carbocycles. The summed E-state index contributed by atoms with van der Waals surface area (Å²) in [4.78, 5) is 25.8. The molecule has 0 unspecified atom stereocenters. The van der Waals surface area contributed by atoms with Gasteiger partial charge in [-0.3, -0.25) is 14.3 Å². The number of aromatic nitrogens is 3. The molecule has 0 spiro atoms. The SMILES string of the molecule is Cn1cc(C(=O)N2CCN(C=O)CC2)nn1. The van der Waals surface area contributed by atoms with Crippen LogP contribution in [0.25, 0.3) is 0 Å². The van der Waals surface area contributed by atoms with Gasteiger partial charge in [-0.1, -0.05) is 5.21 Å². The van der Waals surface area contributed by atoms with Crippen molar-refractivity contribution in [3.63, 3.8) is 0 Å². The van der Waals surface area contributed by atoms with Crippen molar-refractivity contribution < 1.29 is 9.59 Å². The molecule has 0 aliphatic carbocycles. The van der Waals surface area contributed by atoms with E-state index in [1.54, 1.807) is 23.0 Å². The minimum absolute atomic E-state index is 0.126. The van der Waals surface area contributed by atoms with E-state index in [4.69, 9.17) is 0 Å². The molecule has 0 aromatic carbocycles. The molecule has 7 heteroatoms. The lowest BCUT2D eigenvalue weighted by atomic mass is 10.3. The molecule has 7 nitrogen and oxygen atoms in total. The molecule has 1 aliphatic heterocycles. The Bertz CT molecular complexity index is 394. The first-order valence-corrected chi connectivity index (χ1v) is 5.05. The summed E-state index contributed by atoms with van der Waals surface area (Å²) in [6.07, 6.45) is 2.40. The predicted octanol–water partition coefficient (Wildman–Crippen LogP) is -1.27. The summed E-state index contributed by atoms with van der Waals surface area (Å²) in [5, 5.41) is 7.48. The van der Waals surface area contributed by atoms with Crippen LogP contribution in [0.2, 0.25) is 0 Å². The Hall–Kier alpha value is -1.92. The van der Waals surface area contributed by atoms with Crippen LogP contribution >= 0.6 is 0 Å². The first kappa shape index (κ1) is 10.6. The molecule has 1 fully saturated rings. The van der Waals surface area contributed by atoms with E-state index in [1.807, 2.05) is 0 Å². The van der Waals surface area contributed by atoms with Crippen molar-refractivity contribution >= 4 is 12.3 Å². The molecule has 0 bridgehead atoms. The fraction of sp³-hybridized carbons (Fsp3) is 0.556. The van der Waals surface area contributed by atoms with Gasteiger partial charge in [-0.15, -0.1) is 5.10 Å². The molecule has 2 heterocycles. The highest BCUT2D eigenvalue weighted by molar-refractivity contribution is 5.92. The molecule has 16 heavy (non-hydrogen) atoms. The lowest BCUT2D eigenvalue weighted by Crippen LogP contribution is -2.48. The molecular weight excluding hydrogens is 210 g/mol. The Labute approximate surface area is 92.6 Å². The van der Waals surface area contributed by atoms with Gasteiger partial charge >= 0.3 is 0 Å².